The van der Waals surface area contributed by atoms with Crippen LogP contribution in [0.1, 0.15) is 31.9 Å². The predicted octanol–water partition coefficient (Wildman–Crippen LogP) is 3.31. The lowest BCUT2D eigenvalue weighted by Gasteiger charge is -2.29. The quantitative estimate of drug-likeness (QED) is 0.893. The van der Waals surface area contributed by atoms with E-state index in [9.17, 15) is 0 Å². The number of nitrogens with one attached hydrogen (secondary N) is 1. The molecule has 0 aliphatic carbocycles. The van der Waals surface area contributed by atoms with E-state index in [1.807, 2.05) is 25.5 Å². The van der Waals surface area contributed by atoms with Gasteiger partial charge in [-0.1, -0.05) is 18.2 Å². The van der Waals surface area contributed by atoms with Crippen molar-refractivity contribution in [3.8, 4) is 0 Å². The van der Waals surface area contributed by atoms with E-state index in [2.05, 4.69) is 42.3 Å². The molecule has 19 heavy (non-hydrogen) atoms. The minimum absolute atomic E-state index is 0.155. The van der Waals surface area contributed by atoms with Crippen molar-refractivity contribution in [3.05, 3.63) is 42.2 Å². The molecule has 3 nitrogen and oxygen atoms in total. The van der Waals surface area contributed by atoms with Crippen molar-refractivity contribution in [1.82, 2.24) is 10.3 Å². The van der Waals surface area contributed by atoms with Crippen LogP contribution in [0.4, 0.5) is 0 Å². The molecule has 102 valence electrons. The molecule has 2 rings (SSSR count). The molecule has 3 heteroatoms. The number of pyridine rings is 1. The molecule has 1 atom stereocenters. The number of fused-ring (bicyclic) bond motifs is 1. The van der Waals surface area contributed by atoms with E-state index < -0.39 is 0 Å². The Morgan fingerprint density at radius 1 is 1.32 bits per heavy atom. The van der Waals surface area contributed by atoms with E-state index in [0.717, 1.165) is 6.42 Å². The fraction of sp³-hybridized carbons (Fsp3) is 0.438. The van der Waals surface area contributed by atoms with E-state index in [-0.39, 0.29) is 11.6 Å². The average molecular weight is 258 g/mol. The molecule has 1 aromatic heterocycles. The van der Waals surface area contributed by atoms with Gasteiger partial charge in [0, 0.05) is 30.9 Å². The molecule has 1 N–H and O–H groups in total. The lowest BCUT2D eigenvalue weighted by atomic mass is 9.91. The maximum absolute atomic E-state index is 5.55. The van der Waals surface area contributed by atoms with Gasteiger partial charge in [-0.05, 0) is 44.3 Å². The van der Waals surface area contributed by atoms with Gasteiger partial charge in [-0.2, -0.15) is 0 Å². The summed E-state index contributed by atoms with van der Waals surface area (Å²) in [4.78, 5) is 4.25. The lowest BCUT2D eigenvalue weighted by molar-refractivity contribution is 0.00756. The van der Waals surface area contributed by atoms with E-state index >= 15 is 0 Å². The monoisotopic (exact) mass is 258 g/mol. The molecule has 0 saturated heterocycles. The van der Waals surface area contributed by atoms with Crippen LogP contribution >= 0.6 is 0 Å². The molecule has 1 heterocycles. The van der Waals surface area contributed by atoms with Gasteiger partial charge in [-0.3, -0.25) is 4.98 Å². The number of methoxy groups -OCH3 is 1. The van der Waals surface area contributed by atoms with Gasteiger partial charge in [-0.25, -0.2) is 0 Å². The van der Waals surface area contributed by atoms with Crippen LogP contribution in [-0.4, -0.2) is 24.7 Å². The molecular formula is C16H22N2O. The third-order valence-electron chi connectivity index (χ3n) is 3.69. The van der Waals surface area contributed by atoms with Crippen LogP contribution in [0.2, 0.25) is 0 Å². The molecule has 0 saturated carbocycles. The van der Waals surface area contributed by atoms with E-state index in [1.54, 1.807) is 7.11 Å². The van der Waals surface area contributed by atoms with Crippen LogP contribution in [0.5, 0.6) is 0 Å². The first-order chi connectivity index (χ1) is 9.07. The van der Waals surface area contributed by atoms with Gasteiger partial charge in [0.15, 0.2) is 0 Å². The zero-order valence-electron chi connectivity index (χ0n) is 12.1. The first kappa shape index (κ1) is 14.0. The standard InChI is InChI=1S/C16H22N2O/c1-16(2,19-4)10-15(17-3)13-7-5-6-12-8-9-18-11-14(12)13/h5-9,11,15,17H,10H2,1-4H3. The molecule has 1 aromatic carbocycles. The average Bonchev–Trinajstić information content (AvgIpc) is 2.44. The van der Waals surface area contributed by atoms with E-state index in [4.69, 9.17) is 4.74 Å². The molecule has 0 amide bonds. The maximum atomic E-state index is 5.55. The van der Waals surface area contributed by atoms with Crippen molar-refractivity contribution in [3.63, 3.8) is 0 Å². The molecule has 0 radical (unpaired) electrons. The number of nitrogens with zero attached hydrogens (tertiary/aromatic N) is 1. The third kappa shape index (κ3) is 3.11. The molecule has 0 aliphatic rings. The van der Waals surface area contributed by atoms with Gasteiger partial charge >= 0.3 is 0 Å². The number of aromatic nitrogens is 1. The minimum atomic E-state index is -0.155. The van der Waals surface area contributed by atoms with Crippen LogP contribution in [0.15, 0.2) is 36.7 Å². The zero-order valence-corrected chi connectivity index (χ0v) is 12.1. The Bertz CT molecular complexity index is 546. The Hall–Kier alpha value is -1.45. The smallest absolute Gasteiger partial charge is 0.0640 e. The third-order valence-corrected chi connectivity index (χ3v) is 3.69. The Labute approximate surface area is 115 Å². The summed E-state index contributed by atoms with van der Waals surface area (Å²) in [5.41, 5.74) is 1.12. The second-order valence-corrected chi connectivity index (χ2v) is 5.45. The zero-order chi connectivity index (χ0) is 13.9. The normalized spacial score (nSPS) is 13.7. The fourth-order valence-corrected chi connectivity index (χ4v) is 2.38. The van der Waals surface area contributed by atoms with Crippen LogP contribution in [0.3, 0.4) is 0 Å². The summed E-state index contributed by atoms with van der Waals surface area (Å²) in [5.74, 6) is 0. The number of rotatable bonds is 5. The molecule has 2 aromatic rings. The number of benzene rings is 1. The first-order valence-corrected chi connectivity index (χ1v) is 6.62. The highest BCUT2D eigenvalue weighted by molar-refractivity contribution is 5.85. The minimum Gasteiger partial charge on any atom is -0.379 e. The molecule has 0 fully saturated rings. The lowest BCUT2D eigenvalue weighted by Crippen LogP contribution is -2.30. The number of hydrogen-bond donors (Lipinski definition) is 1. The molecule has 0 aliphatic heterocycles. The van der Waals surface area contributed by atoms with Gasteiger partial charge in [-0.15, -0.1) is 0 Å². The van der Waals surface area contributed by atoms with Gasteiger partial charge in [0.25, 0.3) is 0 Å². The summed E-state index contributed by atoms with van der Waals surface area (Å²) in [6.07, 6.45) is 4.68. The van der Waals surface area contributed by atoms with E-state index in [1.165, 1.54) is 16.3 Å². The number of ether oxygens (including phenoxy) is 1. The second-order valence-electron chi connectivity index (χ2n) is 5.45. The van der Waals surface area contributed by atoms with Gasteiger partial charge in [0.1, 0.15) is 0 Å². The van der Waals surface area contributed by atoms with Gasteiger partial charge in [0.2, 0.25) is 0 Å². The highest BCUT2D eigenvalue weighted by Gasteiger charge is 2.24. The molecule has 1 unspecified atom stereocenters. The van der Waals surface area contributed by atoms with Crippen molar-refractivity contribution in [2.24, 2.45) is 0 Å². The second kappa shape index (κ2) is 5.68. The van der Waals surface area contributed by atoms with Gasteiger partial charge in [0.05, 0.1) is 5.60 Å². The first-order valence-electron chi connectivity index (χ1n) is 6.62. The predicted molar refractivity (Wildman–Crippen MR) is 79.2 cm³/mol. The fourth-order valence-electron chi connectivity index (χ4n) is 2.38. The summed E-state index contributed by atoms with van der Waals surface area (Å²) < 4.78 is 5.55. The van der Waals surface area contributed by atoms with Crippen molar-refractivity contribution in [1.29, 1.82) is 0 Å². The van der Waals surface area contributed by atoms with Crippen molar-refractivity contribution in [2.45, 2.75) is 31.9 Å². The maximum Gasteiger partial charge on any atom is 0.0640 e. The highest BCUT2D eigenvalue weighted by Crippen LogP contribution is 2.30. The Kier molecular flexibility index (Phi) is 4.17. The number of hydrogen-bond acceptors (Lipinski definition) is 3. The van der Waals surface area contributed by atoms with Crippen LogP contribution < -0.4 is 5.32 Å². The van der Waals surface area contributed by atoms with Gasteiger partial charge < -0.3 is 10.1 Å². The Morgan fingerprint density at radius 3 is 2.79 bits per heavy atom. The topological polar surface area (TPSA) is 34.1 Å². The van der Waals surface area contributed by atoms with E-state index in [0.29, 0.717) is 0 Å². The Balaban J connectivity index is 2.41. The van der Waals surface area contributed by atoms with Crippen molar-refractivity contribution >= 4 is 10.8 Å². The van der Waals surface area contributed by atoms with Crippen LogP contribution in [-0.2, 0) is 4.74 Å². The summed E-state index contributed by atoms with van der Waals surface area (Å²) in [5, 5.41) is 5.82. The van der Waals surface area contributed by atoms with Crippen molar-refractivity contribution < 1.29 is 4.74 Å². The SMILES string of the molecule is CNC(CC(C)(C)OC)c1cccc2ccncc12. The summed E-state index contributed by atoms with van der Waals surface area (Å²) in [6, 6.07) is 8.68. The van der Waals surface area contributed by atoms with Crippen LogP contribution in [0.25, 0.3) is 10.8 Å². The van der Waals surface area contributed by atoms with Crippen LogP contribution in [0, 0.1) is 0 Å². The summed E-state index contributed by atoms with van der Waals surface area (Å²) in [7, 11) is 3.75. The Morgan fingerprint density at radius 2 is 2.11 bits per heavy atom. The largest absolute Gasteiger partial charge is 0.379 e. The molecule has 0 spiro atoms. The molecular weight excluding hydrogens is 236 g/mol. The summed E-state index contributed by atoms with van der Waals surface area (Å²) in [6.45, 7) is 4.22. The highest BCUT2D eigenvalue weighted by atomic mass is 16.5. The summed E-state index contributed by atoms with van der Waals surface area (Å²) >= 11 is 0. The molecule has 0 bridgehead atoms. The van der Waals surface area contributed by atoms with Crippen molar-refractivity contribution in [2.75, 3.05) is 14.2 Å².